The number of pyridine rings is 1. The van der Waals surface area contributed by atoms with Gasteiger partial charge in [0.1, 0.15) is 5.82 Å². The van der Waals surface area contributed by atoms with Gasteiger partial charge in [0.2, 0.25) is 0 Å². The van der Waals surface area contributed by atoms with Gasteiger partial charge in [-0.1, -0.05) is 13.3 Å². The van der Waals surface area contributed by atoms with Crippen LogP contribution in [0.1, 0.15) is 44.0 Å². The quantitative estimate of drug-likeness (QED) is 0.590. The molecule has 8 nitrogen and oxygen atoms in total. The van der Waals surface area contributed by atoms with Crippen molar-refractivity contribution < 1.29 is 17.6 Å². The van der Waals surface area contributed by atoms with Crippen molar-refractivity contribution >= 4 is 21.6 Å². The zero-order valence-electron chi connectivity index (χ0n) is 18.7. The first kappa shape index (κ1) is 22.9. The number of amides is 2. The normalized spacial score (nSPS) is 16.5. The molecule has 0 spiro atoms. The number of nitrogens with one attached hydrogen (secondary N) is 1. The second kappa shape index (κ2) is 8.93. The molecule has 33 heavy (non-hydrogen) atoms. The van der Waals surface area contributed by atoms with Crippen molar-refractivity contribution in [2.75, 3.05) is 11.2 Å². The standard InChI is InChI=1S/C23H26FN5O3S/c1-4-5-19(16-10-11-25-22(13-16)33(3,31)32)27-23(30)28-15(2)12-20-21(28)14-26-29(20)18-8-6-17(24)7-9-18/h6-11,13-15,19H,4-5,12H2,1-3H3,(H,27,30)/t15?,19-/m0/s1. The summed E-state index contributed by atoms with van der Waals surface area (Å²) >= 11 is 0. The Bertz CT molecular complexity index is 1270. The topological polar surface area (TPSA) is 97.2 Å². The SMILES string of the molecule is CCC[C@H](NC(=O)N1c2cnn(-c3ccc(F)cc3)c2CC1C)c1ccnc(S(C)(=O)=O)c1. The molecule has 0 radical (unpaired) electrons. The van der Waals surface area contributed by atoms with Gasteiger partial charge in [-0.25, -0.2) is 27.3 Å². The van der Waals surface area contributed by atoms with E-state index < -0.39 is 9.84 Å². The lowest BCUT2D eigenvalue weighted by Crippen LogP contribution is -2.44. The van der Waals surface area contributed by atoms with Crippen LogP contribution in [-0.4, -0.2) is 41.5 Å². The number of fused-ring (bicyclic) bond motifs is 1. The molecule has 4 rings (SSSR count). The molecule has 1 unspecified atom stereocenters. The van der Waals surface area contributed by atoms with Crippen molar-refractivity contribution in [2.45, 2.75) is 50.2 Å². The van der Waals surface area contributed by atoms with E-state index in [9.17, 15) is 17.6 Å². The number of nitrogens with zero attached hydrogens (tertiary/aromatic N) is 4. The Balaban J connectivity index is 1.60. The molecule has 2 aromatic heterocycles. The number of urea groups is 1. The molecule has 2 atom stereocenters. The van der Waals surface area contributed by atoms with Crippen molar-refractivity contribution in [3.05, 3.63) is 65.9 Å². The molecular formula is C23H26FN5O3S. The number of halogens is 1. The lowest BCUT2D eigenvalue weighted by atomic mass is 10.0. The minimum atomic E-state index is -3.46. The number of hydrogen-bond donors (Lipinski definition) is 1. The van der Waals surface area contributed by atoms with Crippen LogP contribution in [0.5, 0.6) is 0 Å². The molecule has 0 saturated carbocycles. The van der Waals surface area contributed by atoms with Crippen molar-refractivity contribution in [3.63, 3.8) is 0 Å². The highest BCUT2D eigenvalue weighted by molar-refractivity contribution is 7.90. The Labute approximate surface area is 192 Å². The summed E-state index contributed by atoms with van der Waals surface area (Å²) in [7, 11) is -3.46. The van der Waals surface area contributed by atoms with E-state index in [0.717, 1.165) is 24.1 Å². The Kier molecular flexibility index (Phi) is 6.20. The van der Waals surface area contributed by atoms with Crippen LogP contribution in [0.4, 0.5) is 14.9 Å². The van der Waals surface area contributed by atoms with Crippen molar-refractivity contribution in [3.8, 4) is 5.69 Å². The van der Waals surface area contributed by atoms with Gasteiger partial charge in [-0.05, 0) is 55.3 Å². The molecule has 1 N–H and O–H groups in total. The fourth-order valence-corrected chi connectivity index (χ4v) is 4.76. The molecule has 3 heterocycles. The van der Waals surface area contributed by atoms with Crippen LogP contribution in [-0.2, 0) is 16.3 Å². The monoisotopic (exact) mass is 471 g/mol. The Hall–Kier alpha value is -3.27. The highest BCUT2D eigenvalue weighted by Crippen LogP contribution is 2.34. The smallest absolute Gasteiger partial charge is 0.322 e. The molecule has 0 aliphatic carbocycles. The van der Waals surface area contributed by atoms with E-state index in [1.54, 1.807) is 34.0 Å². The van der Waals surface area contributed by atoms with Crippen LogP contribution in [0.25, 0.3) is 5.69 Å². The maximum atomic E-state index is 13.3. The van der Waals surface area contributed by atoms with E-state index in [1.807, 2.05) is 13.8 Å². The lowest BCUT2D eigenvalue weighted by molar-refractivity contribution is 0.240. The summed E-state index contributed by atoms with van der Waals surface area (Å²) in [5, 5.41) is 7.45. The molecule has 1 aliphatic rings. The first-order chi connectivity index (χ1) is 15.7. The molecule has 1 aromatic carbocycles. The van der Waals surface area contributed by atoms with Crippen LogP contribution in [0.15, 0.2) is 53.8 Å². The van der Waals surface area contributed by atoms with Gasteiger partial charge in [0.25, 0.3) is 0 Å². The number of carbonyl (C=O) groups is 1. The van der Waals surface area contributed by atoms with E-state index in [1.165, 1.54) is 24.4 Å². The number of hydrogen-bond acceptors (Lipinski definition) is 5. The van der Waals surface area contributed by atoms with Crippen LogP contribution < -0.4 is 10.2 Å². The van der Waals surface area contributed by atoms with E-state index in [2.05, 4.69) is 15.4 Å². The van der Waals surface area contributed by atoms with Crippen LogP contribution in [0, 0.1) is 5.82 Å². The Morgan fingerprint density at radius 3 is 2.67 bits per heavy atom. The molecular weight excluding hydrogens is 445 g/mol. The van der Waals surface area contributed by atoms with Gasteiger partial charge in [-0.3, -0.25) is 4.90 Å². The Morgan fingerprint density at radius 2 is 2.00 bits per heavy atom. The maximum absolute atomic E-state index is 13.3. The highest BCUT2D eigenvalue weighted by atomic mass is 32.2. The third-order valence-corrected chi connectivity index (χ3v) is 6.73. The molecule has 10 heteroatoms. The summed E-state index contributed by atoms with van der Waals surface area (Å²) in [5.74, 6) is -0.325. The summed E-state index contributed by atoms with van der Waals surface area (Å²) in [6, 6.07) is 8.54. The number of sulfone groups is 1. The summed E-state index contributed by atoms with van der Waals surface area (Å²) in [4.78, 5) is 19.0. The largest absolute Gasteiger partial charge is 0.331 e. The molecule has 2 amide bonds. The first-order valence-corrected chi connectivity index (χ1v) is 12.7. The average molecular weight is 472 g/mol. The van der Waals surface area contributed by atoms with E-state index in [4.69, 9.17) is 0 Å². The predicted octanol–water partition coefficient (Wildman–Crippen LogP) is 3.81. The van der Waals surface area contributed by atoms with Crippen molar-refractivity contribution in [1.82, 2.24) is 20.1 Å². The van der Waals surface area contributed by atoms with Gasteiger partial charge in [0, 0.05) is 24.9 Å². The second-order valence-electron chi connectivity index (χ2n) is 8.28. The first-order valence-electron chi connectivity index (χ1n) is 10.8. The van der Waals surface area contributed by atoms with E-state index in [0.29, 0.717) is 24.1 Å². The zero-order chi connectivity index (χ0) is 23.8. The number of anilines is 1. The molecule has 3 aromatic rings. The fourth-order valence-electron chi connectivity index (χ4n) is 4.15. The Morgan fingerprint density at radius 1 is 1.27 bits per heavy atom. The van der Waals surface area contributed by atoms with Crippen LogP contribution in [0.3, 0.4) is 0 Å². The van der Waals surface area contributed by atoms with Gasteiger partial charge in [-0.2, -0.15) is 5.10 Å². The lowest BCUT2D eigenvalue weighted by Gasteiger charge is -2.26. The molecule has 0 fully saturated rings. The number of carbonyl (C=O) groups excluding carboxylic acids is 1. The third kappa shape index (κ3) is 4.61. The van der Waals surface area contributed by atoms with Gasteiger partial charge in [0.05, 0.1) is 29.3 Å². The zero-order valence-corrected chi connectivity index (χ0v) is 19.5. The molecule has 1 aliphatic heterocycles. The minimum Gasteiger partial charge on any atom is -0.331 e. The second-order valence-corrected chi connectivity index (χ2v) is 10.2. The number of aromatic nitrogens is 3. The van der Waals surface area contributed by atoms with Crippen LogP contribution >= 0.6 is 0 Å². The predicted molar refractivity (Wildman–Crippen MR) is 123 cm³/mol. The summed E-state index contributed by atoms with van der Waals surface area (Å²) in [6.07, 6.45) is 6.24. The van der Waals surface area contributed by atoms with Gasteiger partial charge in [-0.15, -0.1) is 0 Å². The summed E-state index contributed by atoms with van der Waals surface area (Å²) < 4.78 is 38.9. The fraction of sp³-hybridized carbons (Fsp3) is 0.348. The number of benzene rings is 1. The van der Waals surface area contributed by atoms with E-state index in [-0.39, 0.29) is 29.0 Å². The maximum Gasteiger partial charge on any atom is 0.322 e. The molecule has 174 valence electrons. The minimum absolute atomic E-state index is 0.0206. The molecule has 0 bridgehead atoms. The van der Waals surface area contributed by atoms with Gasteiger partial charge < -0.3 is 5.32 Å². The average Bonchev–Trinajstić information content (AvgIpc) is 3.31. The van der Waals surface area contributed by atoms with Crippen LogP contribution in [0.2, 0.25) is 0 Å². The summed E-state index contributed by atoms with van der Waals surface area (Å²) in [6.45, 7) is 3.96. The number of rotatable bonds is 6. The van der Waals surface area contributed by atoms with Crippen molar-refractivity contribution in [2.24, 2.45) is 0 Å². The van der Waals surface area contributed by atoms with Gasteiger partial charge >= 0.3 is 6.03 Å². The third-order valence-electron chi connectivity index (χ3n) is 5.74. The van der Waals surface area contributed by atoms with E-state index >= 15 is 0 Å². The molecule has 0 saturated heterocycles. The highest BCUT2D eigenvalue weighted by Gasteiger charge is 2.35. The van der Waals surface area contributed by atoms with Gasteiger partial charge in [0.15, 0.2) is 14.9 Å². The summed E-state index contributed by atoms with van der Waals surface area (Å²) in [5.41, 5.74) is 2.99. The van der Waals surface area contributed by atoms with Crippen molar-refractivity contribution in [1.29, 1.82) is 0 Å².